The van der Waals surface area contributed by atoms with Crippen molar-refractivity contribution in [3.63, 3.8) is 0 Å². The molecule has 0 aromatic heterocycles. The first-order valence-corrected chi connectivity index (χ1v) is 16.1. The molecule has 1 unspecified atom stereocenters. The van der Waals surface area contributed by atoms with Gasteiger partial charge in [-0.1, -0.05) is 6.92 Å². The molecule has 1 fully saturated rings. The third-order valence-corrected chi connectivity index (χ3v) is 6.73. The molecule has 1 heterocycles. The quantitative estimate of drug-likeness (QED) is 0.242. The summed E-state index contributed by atoms with van der Waals surface area (Å²) in [4.78, 5) is 70.5. The SMILES string of the molecule is CCC(C(=O)NCC(=O)O)N1CCN(CC(=O)OC(C)(C)C)CCN(CC(=O)OC(C)(C)C)CCN(CC(=O)OC(C)(C)C)CC1. The number of esters is 3. The van der Waals surface area contributed by atoms with Gasteiger partial charge in [-0.05, 0) is 68.7 Å². The van der Waals surface area contributed by atoms with Crippen LogP contribution >= 0.6 is 0 Å². The Balaban J connectivity index is 3.35. The summed E-state index contributed by atoms with van der Waals surface area (Å²) in [6.45, 7) is 20.9. The molecule has 14 heteroatoms. The Hall–Kier alpha value is -2.81. The van der Waals surface area contributed by atoms with Crippen LogP contribution < -0.4 is 5.32 Å². The van der Waals surface area contributed by atoms with Crippen molar-refractivity contribution < 1.29 is 43.3 Å². The average Bonchev–Trinajstić information content (AvgIpc) is 2.85. The minimum absolute atomic E-state index is 0.0121. The van der Waals surface area contributed by atoms with E-state index in [1.165, 1.54) is 0 Å². The number of amides is 1. The second kappa shape index (κ2) is 18.5. The molecule has 0 radical (unpaired) electrons. The first kappa shape index (κ1) is 41.2. The Morgan fingerprint density at radius 3 is 1.17 bits per heavy atom. The van der Waals surface area contributed by atoms with Crippen LogP contribution in [0.5, 0.6) is 0 Å². The number of hydrogen-bond donors (Lipinski definition) is 2. The third kappa shape index (κ3) is 19.0. The number of rotatable bonds is 11. The number of aliphatic carboxylic acids is 1. The molecule has 0 aliphatic carbocycles. The zero-order chi connectivity index (χ0) is 35.3. The molecule has 0 saturated carbocycles. The Morgan fingerprint density at radius 1 is 0.609 bits per heavy atom. The first-order valence-electron chi connectivity index (χ1n) is 16.1. The second-order valence-corrected chi connectivity index (χ2v) is 14.7. The van der Waals surface area contributed by atoms with E-state index >= 15 is 0 Å². The summed E-state index contributed by atoms with van der Waals surface area (Å²) in [5.41, 5.74) is -1.97. The van der Waals surface area contributed by atoms with Gasteiger partial charge in [0.1, 0.15) is 23.3 Å². The summed E-state index contributed by atoms with van der Waals surface area (Å²) in [5, 5.41) is 11.6. The van der Waals surface area contributed by atoms with Gasteiger partial charge < -0.3 is 24.6 Å². The fourth-order valence-electron chi connectivity index (χ4n) is 4.90. The van der Waals surface area contributed by atoms with E-state index in [4.69, 9.17) is 19.3 Å². The van der Waals surface area contributed by atoms with E-state index < -0.39 is 41.3 Å². The van der Waals surface area contributed by atoms with E-state index in [9.17, 15) is 24.0 Å². The number of carboxylic acids is 1. The van der Waals surface area contributed by atoms with Gasteiger partial charge in [-0.25, -0.2) is 0 Å². The summed E-state index contributed by atoms with van der Waals surface area (Å²) in [6.07, 6.45) is 0.424. The summed E-state index contributed by atoms with van der Waals surface area (Å²) >= 11 is 0. The Kier molecular flexibility index (Phi) is 16.6. The monoisotopic (exact) mass is 657 g/mol. The summed E-state index contributed by atoms with van der Waals surface area (Å²) in [7, 11) is 0. The van der Waals surface area contributed by atoms with Gasteiger partial charge in [0.05, 0.1) is 25.7 Å². The fourth-order valence-corrected chi connectivity index (χ4v) is 4.90. The van der Waals surface area contributed by atoms with Gasteiger partial charge in [0.15, 0.2) is 0 Å². The molecule has 0 spiro atoms. The third-order valence-electron chi connectivity index (χ3n) is 6.73. The predicted octanol–water partition coefficient (Wildman–Crippen LogP) is 1.21. The van der Waals surface area contributed by atoms with Crippen molar-refractivity contribution in [1.29, 1.82) is 0 Å². The highest BCUT2D eigenvalue weighted by atomic mass is 16.6. The van der Waals surface area contributed by atoms with Crippen LogP contribution in [-0.4, -0.2) is 156 Å². The maximum absolute atomic E-state index is 13.1. The van der Waals surface area contributed by atoms with E-state index in [2.05, 4.69) is 5.32 Å². The van der Waals surface area contributed by atoms with Gasteiger partial charge >= 0.3 is 23.9 Å². The van der Waals surface area contributed by atoms with E-state index in [0.717, 1.165) is 0 Å². The number of carboxylic acid groups (broad SMARTS) is 1. The highest BCUT2D eigenvalue weighted by Crippen LogP contribution is 2.13. The number of nitrogens with zero attached hydrogens (tertiary/aromatic N) is 4. The highest BCUT2D eigenvalue weighted by Gasteiger charge is 2.29. The molecule has 46 heavy (non-hydrogen) atoms. The lowest BCUT2D eigenvalue weighted by Gasteiger charge is -2.36. The topological polar surface area (TPSA) is 158 Å². The van der Waals surface area contributed by atoms with Gasteiger partial charge in [-0.2, -0.15) is 0 Å². The Morgan fingerprint density at radius 2 is 0.913 bits per heavy atom. The van der Waals surface area contributed by atoms with Crippen LogP contribution in [0, 0.1) is 0 Å². The van der Waals surface area contributed by atoms with Crippen molar-refractivity contribution in [2.45, 2.75) is 98.5 Å². The van der Waals surface area contributed by atoms with Crippen molar-refractivity contribution >= 4 is 29.8 Å². The molecular weight excluding hydrogens is 598 g/mol. The van der Waals surface area contributed by atoms with E-state index in [1.54, 1.807) is 41.5 Å². The van der Waals surface area contributed by atoms with Crippen LogP contribution in [0.25, 0.3) is 0 Å². The van der Waals surface area contributed by atoms with Gasteiger partial charge in [0, 0.05) is 52.4 Å². The van der Waals surface area contributed by atoms with Gasteiger partial charge in [-0.15, -0.1) is 0 Å². The van der Waals surface area contributed by atoms with Gasteiger partial charge in [0.2, 0.25) is 5.91 Å². The molecule has 266 valence electrons. The minimum atomic E-state index is -1.14. The number of ether oxygens (including phenoxy) is 3. The number of carbonyl (C=O) groups excluding carboxylic acids is 4. The molecular formula is C32H59N5O9. The van der Waals surface area contributed by atoms with Crippen molar-refractivity contribution in [1.82, 2.24) is 24.9 Å². The number of hydrogen-bond acceptors (Lipinski definition) is 12. The van der Waals surface area contributed by atoms with Crippen molar-refractivity contribution in [3.05, 3.63) is 0 Å². The molecule has 0 bridgehead atoms. The molecule has 1 rings (SSSR count). The Bertz CT molecular complexity index is 971. The summed E-state index contributed by atoms with van der Waals surface area (Å²) in [6, 6.07) is -0.627. The molecule has 0 aromatic rings. The predicted molar refractivity (Wildman–Crippen MR) is 173 cm³/mol. The van der Waals surface area contributed by atoms with Crippen LogP contribution in [0.15, 0.2) is 0 Å². The molecule has 1 aliphatic heterocycles. The molecule has 1 atom stereocenters. The maximum Gasteiger partial charge on any atom is 0.322 e. The van der Waals surface area contributed by atoms with Crippen LogP contribution in [0.4, 0.5) is 0 Å². The lowest BCUT2D eigenvalue weighted by molar-refractivity contribution is -0.158. The molecule has 1 amide bonds. The van der Waals surface area contributed by atoms with Gasteiger partial charge in [-0.3, -0.25) is 43.6 Å². The first-order chi connectivity index (χ1) is 21.1. The van der Waals surface area contributed by atoms with Crippen LogP contribution in [0.3, 0.4) is 0 Å². The lowest BCUT2D eigenvalue weighted by atomic mass is 10.1. The zero-order valence-corrected chi connectivity index (χ0v) is 29.8. The fraction of sp³-hybridized carbons (Fsp3) is 0.844. The standard InChI is InChI=1S/C32H59N5O9/c1-11-24(29(43)33-20-25(38)39)37-18-16-35(22-27(41)45-31(5,6)7)14-12-34(21-26(40)44-30(2,3)4)13-15-36(17-19-37)23-28(42)46-32(8,9)10/h24H,11-23H2,1-10H3,(H,33,43)(H,38,39). The van der Waals surface area contributed by atoms with Crippen molar-refractivity contribution in [3.8, 4) is 0 Å². The largest absolute Gasteiger partial charge is 0.480 e. The molecule has 14 nitrogen and oxygen atoms in total. The normalized spacial score (nSPS) is 18.0. The van der Waals surface area contributed by atoms with E-state index in [0.29, 0.717) is 58.8 Å². The van der Waals surface area contributed by atoms with Crippen LogP contribution in [0.1, 0.15) is 75.7 Å². The number of nitrogens with one attached hydrogen (secondary N) is 1. The lowest BCUT2D eigenvalue weighted by Crippen LogP contribution is -2.54. The minimum Gasteiger partial charge on any atom is -0.480 e. The molecule has 0 aromatic carbocycles. The van der Waals surface area contributed by atoms with Crippen molar-refractivity contribution in [2.75, 3.05) is 78.5 Å². The summed E-state index contributed by atoms with van der Waals surface area (Å²) in [5.74, 6) is -2.70. The highest BCUT2D eigenvalue weighted by molar-refractivity contribution is 5.85. The smallest absolute Gasteiger partial charge is 0.322 e. The van der Waals surface area contributed by atoms with E-state index in [-0.39, 0.29) is 37.5 Å². The van der Waals surface area contributed by atoms with Gasteiger partial charge in [0.25, 0.3) is 0 Å². The molecule has 2 N–H and O–H groups in total. The van der Waals surface area contributed by atoms with Crippen molar-refractivity contribution in [2.24, 2.45) is 0 Å². The summed E-state index contributed by atoms with van der Waals surface area (Å²) < 4.78 is 16.7. The van der Waals surface area contributed by atoms with Crippen LogP contribution in [0.2, 0.25) is 0 Å². The number of carbonyl (C=O) groups is 5. The zero-order valence-electron chi connectivity index (χ0n) is 29.8. The van der Waals surface area contributed by atoms with Crippen LogP contribution in [-0.2, 0) is 38.2 Å². The molecule has 1 saturated heterocycles. The second-order valence-electron chi connectivity index (χ2n) is 14.7. The van der Waals surface area contributed by atoms with E-state index in [1.807, 2.05) is 47.3 Å². The Labute approximate surface area is 275 Å². The molecule has 1 aliphatic rings. The maximum atomic E-state index is 13.1. The average molecular weight is 658 g/mol.